The molecular formula is C17H26N2O2. The quantitative estimate of drug-likeness (QED) is 0.308. The molecule has 0 aliphatic heterocycles. The second-order valence-corrected chi connectivity index (χ2v) is 6.48. The van der Waals surface area contributed by atoms with Gasteiger partial charge in [0, 0.05) is 31.8 Å². The highest BCUT2D eigenvalue weighted by atomic mass is 16.5. The highest BCUT2D eigenvalue weighted by molar-refractivity contribution is 5.81. The van der Waals surface area contributed by atoms with Gasteiger partial charge < -0.3 is 15.4 Å². The van der Waals surface area contributed by atoms with Gasteiger partial charge in [-0.05, 0) is 42.9 Å². The fourth-order valence-corrected chi connectivity index (χ4v) is 4.53. The number of carbonyl (C=O) groups excluding carboxylic acids is 1. The van der Waals surface area contributed by atoms with Gasteiger partial charge in [-0.2, -0.15) is 0 Å². The van der Waals surface area contributed by atoms with Crippen LogP contribution in [0.25, 0.3) is 0 Å². The minimum Gasteiger partial charge on any atom is -0.461 e. The number of hydrogen-bond donors (Lipinski definition) is 2. The van der Waals surface area contributed by atoms with E-state index in [4.69, 9.17) is 4.74 Å². The summed E-state index contributed by atoms with van der Waals surface area (Å²) in [4.78, 5) is 10.9. The summed E-state index contributed by atoms with van der Waals surface area (Å²) >= 11 is 0. The molecule has 0 heterocycles. The first kappa shape index (κ1) is 14.8. The molecule has 3 aliphatic carbocycles. The molecule has 5 unspecified atom stereocenters. The molecule has 3 rings (SSSR count). The Labute approximate surface area is 127 Å². The first-order chi connectivity index (χ1) is 10.3. The first-order valence-electron chi connectivity index (χ1n) is 8.19. The second kappa shape index (κ2) is 6.75. The molecule has 0 amide bonds. The van der Waals surface area contributed by atoms with E-state index in [9.17, 15) is 4.79 Å². The maximum atomic E-state index is 10.9. The molecule has 2 bridgehead atoms. The summed E-state index contributed by atoms with van der Waals surface area (Å²) in [6, 6.07) is 0.708. The van der Waals surface area contributed by atoms with Crippen LogP contribution in [0.3, 0.4) is 0 Å². The van der Waals surface area contributed by atoms with Crippen LogP contribution in [0.5, 0.6) is 0 Å². The molecule has 2 saturated carbocycles. The van der Waals surface area contributed by atoms with Crippen LogP contribution in [-0.2, 0) is 9.53 Å². The minimum absolute atomic E-state index is 0.351. The summed E-state index contributed by atoms with van der Waals surface area (Å²) in [6.07, 6.45) is 10.2. The number of hydrogen-bond acceptors (Lipinski definition) is 4. The Morgan fingerprint density at radius 2 is 2.19 bits per heavy atom. The fourth-order valence-electron chi connectivity index (χ4n) is 4.53. The van der Waals surface area contributed by atoms with Crippen LogP contribution in [-0.4, -0.2) is 38.3 Å². The summed E-state index contributed by atoms with van der Waals surface area (Å²) in [7, 11) is 0. The molecule has 0 aromatic heterocycles. The van der Waals surface area contributed by atoms with E-state index < -0.39 is 0 Å². The fraction of sp³-hybridized carbons (Fsp3) is 0.706. The topological polar surface area (TPSA) is 50.4 Å². The molecule has 2 N–H and O–H groups in total. The Morgan fingerprint density at radius 1 is 1.29 bits per heavy atom. The summed E-state index contributed by atoms with van der Waals surface area (Å²) in [5, 5.41) is 7.01. The van der Waals surface area contributed by atoms with Crippen molar-refractivity contribution in [2.45, 2.75) is 25.3 Å². The molecule has 116 valence electrons. The average Bonchev–Trinajstić information content (AvgIpc) is 3.18. The van der Waals surface area contributed by atoms with E-state index in [1.165, 1.54) is 25.3 Å². The lowest BCUT2D eigenvalue weighted by Gasteiger charge is -2.32. The van der Waals surface area contributed by atoms with Crippen molar-refractivity contribution in [3.05, 3.63) is 24.8 Å². The van der Waals surface area contributed by atoms with Crippen LogP contribution in [0.15, 0.2) is 24.8 Å². The van der Waals surface area contributed by atoms with Crippen molar-refractivity contribution in [1.29, 1.82) is 0 Å². The molecule has 5 atom stereocenters. The van der Waals surface area contributed by atoms with Crippen LogP contribution in [0.4, 0.5) is 0 Å². The van der Waals surface area contributed by atoms with Crippen LogP contribution < -0.4 is 10.6 Å². The van der Waals surface area contributed by atoms with Gasteiger partial charge >= 0.3 is 5.97 Å². The summed E-state index contributed by atoms with van der Waals surface area (Å²) in [6.45, 7) is 6.39. The summed E-state index contributed by atoms with van der Waals surface area (Å²) < 4.78 is 4.91. The van der Waals surface area contributed by atoms with Gasteiger partial charge in [0.1, 0.15) is 6.61 Å². The van der Waals surface area contributed by atoms with Crippen molar-refractivity contribution in [2.75, 3.05) is 26.2 Å². The standard InChI is InChI=1S/C17H26N2O2/c1-2-17(20)21-9-8-18-6-7-19-16-11-12-10-15(16)14-5-3-4-13(12)14/h2-3,5,12-16,18-19H,1,4,6-11H2. The summed E-state index contributed by atoms with van der Waals surface area (Å²) in [5.74, 6) is 3.29. The van der Waals surface area contributed by atoms with Crippen LogP contribution in [0, 0.1) is 23.7 Å². The monoisotopic (exact) mass is 290 g/mol. The van der Waals surface area contributed by atoms with Gasteiger partial charge in [0.15, 0.2) is 0 Å². The molecule has 0 radical (unpaired) electrons. The van der Waals surface area contributed by atoms with E-state index in [0.717, 1.165) is 36.8 Å². The molecule has 3 aliphatic rings. The number of nitrogens with one attached hydrogen (secondary N) is 2. The van der Waals surface area contributed by atoms with Gasteiger partial charge in [-0.25, -0.2) is 4.79 Å². The lowest BCUT2D eigenvalue weighted by Crippen LogP contribution is -2.42. The zero-order valence-electron chi connectivity index (χ0n) is 12.6. The molecular weight excluding hydrogens is 264 g/mol. The molecule has 0 aromatic rings. The Bertz CT molecular complexity index is 421. The van der Waals surface area contributed by atoms with Crippen LogP contribution in [0.1, 0.15) is 19.3 Å². The first-order valence-corrected chi connectivity index (χ1v) is 8.19. The molecule has 0 spiro atoms. The number of carbonyl (C=O) groups is 1. The lowest BCUT2D eigenvalue weighted by atomic mass is 9.79. The predicted octanol–water partition coefficient (Wildman–Crippen LogP) is 1.50. The highest BCUT2D eigenvalue weighted by Crippen LogP contribution is 2.56. The van der Waals surface area contributed by atoms with Gasteiger partial charge in [-0.1, -0.05) is 18.7 Å². The molecule has 4 nitrogen and oxygen atoms in total. The zero-order chi connectivity index (χ0) is 14.7. The predicted molar refractivity (Wildman–Crippen MR) is 82.8 cm³/mol. The van der Waals surface area contributed by atoms with E-state index >= 15 is 0 Å². The van der Waals surface area contributed by atoms with Crippen molar-refractivity contribution >= 4 is 5.97 Å². The molecule has 21 heavy (non-hydrogen) atoms. The smallest absolute Gasteiger partial charge is 0.330 e. The Balaban J connectivity index is 1.27. The number of esters is 1. The van der Waals surface area contributed by atoms with Crippen molar-refractivity contribution in [3.63, 3.8) is 0 Å². The third-order valence-electron chi connectivity index (χ3n) is 5.41. The van der Waals surface area contributed by atoms with Gasteiger partial charge in [-0.15, -0.1) is 0 Å². The maximum Gasteiger partial charge on any atom is 0.330 e. The third-order valence-corrected chi connectivity index (χ3v) is 5.41. The minimum atomic E-state index is -0.351. The molecule has 2 fully saturated rings. The van der Waals surface area contributed by atoms with Crippen molar-refractivity contribution in [1.82, 2.24) is 10.6 Å². The zero-order valence-corrected chi connectivity index (χ0v) is 12.6. The van der Waals surface area contributed by atoms with Crippen LogP contribution >= 0.6 is 0 Å². The Morgan fingerprint density at radius 3 is 3.05 bits per heavy atom. The summed E-state index contributed by atoms with van der Waals surface area (Å²) in [5.41, 5.74) is 0. The van der Waals surface area contributed by atoms with Gasteiger partial charge in [-0.3, -0.25) is 0 Å². The molecule has 0 aromatic carbocycles. The van der Waals surface area contributed by atoms with E-state index in [2.05, 4.69) is 29.4 Å². The van der Waals surface area contributed by atoms with Crippen molar-refractivity contribution in [2.24, 2.45) is 23.7 Å². The van der Waals surface area contributed by atoms with E-state index in [1.807, 2.05) is 0 Å². The number of fused-ring (bicyclic) bond motifs is 5. The Kier molecular flexibility index (Phi) is 4.76. The van der Waals surface area contributed by atoms with Gasteiger partial charge in [0.05, 0.1) is 0 Å². The molecule has 0 saturated heterocycles. The Hall–Kier alpha value is -1.13. The molecule has 4 heteroatoms. The van der Waals surface area contributed by atoms with E-state index in [-0.39, 0.29) is 5.97 Å². The lowest BCUT2D eigenvalue weighted by molar-refractivity contribution is -0.137. The maximum absolute atomic E-state index is 10.9. The number of allylic oxidation sites excluding steroid dienone is 2. The highest BCUT2D eigenvalue weighted by Gasteiger charge is 2.51. The number of ether oxygens (including phenoxy) is 1. The second-order valence-electron chi connectivity index (χ2n) is 6.48. The van der Waals surface area contributed by atoms with Gasteiger partial charge in [0.25, 0.3) is 0 Å². The number of rotatable bonds is 8. The van der Waals surface area contributed by atoms with E-state index in [0.29, 0.717) is 19.2 Å². The normalized spacial score (nSPS) is 35.9. The third kappa shape index (κ3) is 3.22. The van der Waals surface area contributed by atoms with E-state index in [1.54, 1.807) is 0 Å². The van der Waals surface area contributed by atoms with Crippen molar-refractivity contribution in [3.8, 4) is 0 Å². The average molecular weight is 290 g/mol. The largest absolute Gasteiger partial charge is 0.461 e. The van der Waals surface area contributed by atoms with Crippen LogP contribution in [0.2, 0.25) is 0 Å². The van der Waals surface area contributed by atoms with Gasteiger partial charge in [0.2, 0.25) is 0 Å². The SMILES string of the molecule is C=CC(=O)OCCNCCNC1CC2CC1C1C=CCC21. The van der Waals surface area contributed by atoms with Crippen molar-refractivity contribution < 1.29 is 9.53 Å².